The summed E-state index contributed by atoms with van der Waals surface area (Å²) in [7, 11) is 0. The first-order valence-electron chi connectivity index (χ1n) is 10.9. The van der Waals surface area contributed by atoms with E-state index in [1.54, 1.807) is 0 Å². The third-order valence-electron chi connectivity index (χ3n) is 6.18. The highest BCUT2D eigenvalue weighted by Crippen LogP contribution is 2.32. The van der Waals surface area contributed by atoms with Crippen LogP contribution < -0.4 is 4.74 Å². The highest BCUT2D eigenvalue weighted by atomic mass is 16.5. The van der Waals surface area contributed by atoms with E-state index < -0.39 is 0 Å². The maximum atomic E-state index is 13.1. The van der Waals surface area contributed by atoms with Crippen molar-refractivity contribution >= 4 is 5.91 Å². The molecule has 1 heterocycles. The first-order valence-corrected chi connectivity index (χ1v) is 10.9. The number of ether oxygens (including phenoxy) is 1. The van der Waals surface area contributed by atoms with Crippen LogP contribution >= 0.6 is 0 Å². The zero-order valence-electron chi connectivity index (χ0n) is 18.4. The maximum absolute atomic E-state index is 13.1. The Morgan fingerprint density at radius 3 is 2.45 bits per heavy atom. The average Bonchev–Trinajstić information content (AvgIpc) is 2.74. The maximum Gasteiger partial charge on any atom is 0.228 e. The molecule has 0 N–H and O–H groups in total. The van der Waals surface area contributed by atoms with Crippen molar-refractivity contribution in [1.29, 1.82) is 0 Å². The summed E-state index contributed by atoms with van der Waals surface area (Å²) in [6, 6.07) is 17.0. The van der Waals surface area contributed by atoms with Crippen LogP contribution in [0.15, 0.2) is 48.5 Å². The summed E-state index contributed by atoms with van der Waals surface area (Å²) in [6.45, 7) is 10.7. The number of carbonyl (C=O) groups excluding carboxylic acids is 1. The fourth-order valence-corrected chi connectivity index (χ4v) is 4.24. The van der Waals surface area contributed by atoms with Gasteiger partial charge in [0.2, 0.25) is 5.91 Å². The number of rotatable bonds is 7. The lowest BCUT2D eigenvalue weighted by Gasteiger charge is -2.37. The first kappa shape index (κ1) is 21.4. The van der Waals surface area contributed by atoms with Gasteiger partial charge in [-0.05, 0) is 68.2 Å². The number of hydrogen-bond donors (Lipinski definition) is 0. The summed E-state index contributed by atoms with van der Waals surface area (Å²) in [5, 5.41) is 0. The summed E-state index contributed by atoms with van der Waals surface area (Å²) in [5.74, 6) is 1.82. The Balaban J connectivity index is 1.45. The van der Waals surface area contributed by atoms with Gasteiger partial charge in [0.15, 0.2) is 0 Å². The molecule has 1 fully saturated rings. The van der Waals surface area contributed by atoms with E-state index in [0.717, 1.165) is 50.1 Å². The van der Waals surface area contributed by atoms with Crippen LogP contribution in [0.4, 0.5) is 0 Å². The number of hydrogen-bond acceptors (Lipinski definition) is 2. The van der Waals surface area contributed by atoms with Crippen molar-refractivity contribution in [3.05, 3.63) is 65.2 Å². The van der Waals surface area contributed by atoms with E-state index in [-0.39, 0.29) is 11.3 Å². The predicted octanol–water partition coefficient (Wildman–Crippen LogP) is 5.89. The molecule has 1 aliphatic rings. The lowest BCUT2D eigenvalue weighted by molar-refractivity contribution is -0.142. The van der Waals surface area contributed by atoms with Crippen LogP contribution in [0.5, 0.6) is 5.75 Å². The van der Waals surface area contributed by atoms with E-state index in [9.17, 15) is 4.79 Å². The Bertz CT molecular complexity index is 805. The lowest BCUT2D eigenvalue weighted by Crippen LogP contribution is -2.45. The Labute approximate surface area is 176 Å². The van der Waals surface area contributed by atoms with Crippen molar-refractivity contribution < 1.29 is 9.53 Å². The van der Waals surface area contributed by atoms with Gasteiger partial charge in [-0.3, -0.25) is 4.79 Å². The second-order valence-electron chi connectivity index (χ2n) is 9.08. The van der Waals surface area contributed by atoms with Gasteiger partial charge in [-0.25, -0.2) is 0 Å². The molecule has 1 amide bonds. The molecule has 0 bridgehead atoms. The van der Waals surface area contributed by atoms with Gasteiger partial charge in [-0.1, -0.05) is 56.3 Å². The van der Waals surface area contributed by atoms with Crippen LogP contribution in [0.1, 0.15) is 62.1 Å². The molecule has 0 saturated carbocycles. The van der Waals surface area contributed by atoms with Crippen molar-refractivity contribution in [2.75, 3.05) is 19.7 Å². The third-order valence-corrected chi connectivity index (χ3v) is 6.18. The number of likely N-dealkylation sites (tertiary alicyclic amines) is 1. The minimum atomic E-state index is -0.343. The molecule has 3 nitrogen and oxygen atoms in total. The SMILES string of the molecule is Cc1ccc(C)c(OCCCC(C)(C)C(=O)N2CCC(c3ccccc3)CC2)c1. The molecule has 0 atom stereocenters. The van der Waals surface area contributed by atoms with Crippen LogP contribution in [0.25, 0.3) is 0 Å². The Kier molecular flexibility index (Phi) is 7.00. The summed E-state index contributed by atoms with van der Waals surface area (Å²) in [4.78, 5) is 15.2. The fraction of sp³-hybridized carbons (Fsp3) is 0.500. The van der Waals surface area contributed by atoms with Crippen LogP contribution in [0.2, 0.25) is 0 Å². The second kappa shape index (κ2) is 9.47. The van der Waals surface area contributed by atoms with Crippen molar-refractivity contribution in [3.8, 4) is 5.75 Å². The molecule has 3 rings (SSSR count). The van der Waals surface area contributed by atoms with Crippen molar-refractivity contribution in [2.45, 2.75) is 59.3 Å². The van der Waals surface area contributed by atoms with E-state index >= 15 is 0 Å². The molecule has 1 saturated heterocycles. The number of amides is 1. The number of benzene rings is 2. The van der Waals surface area contributed by atoms with E-state index in [0.29, 0.717) is 12.5 Å². The Morgan fingerprint density at radius 1 is 1.07 bits per heavy atom. The molecule has 0 unspecified atom stereocenters. The molecule has 3 heteroatoms. The van der Waals surface area contributed by atoms with Gasteiger partial charge in [0.25, 0.3) is 0 Å². The quantitative estimate of drug-likeness (QED) is 0.549. The minimum Gasteiger partial charge on any atom is -0.493 e. The zero-order chi connectivity index (χ0) is 20.9. The molecule has 29 heavy (non-hydrogen) atoms. The van der Waals surface area contributed by atoms with Gasteiger partial charge >= 0.3 is 0 Å². The number of piperidine rings is 1. The van der Waals surface area contributed by atoms with Gasteiger partial charge in [-0.15, -0.1) is 0 Å². The third kappa shape index (κ3) is 5.62. The first-order chi connectivity index (χ1) is 13.9. The van der Waals surface area contributed by atoms with E-state index in [2.05, 4.69) is 81.1 Å². The number of aryl methyl sites for hydroxylation is 2. The highest BCUT2D eigenvalue weighted by Gasteiger charge is 2.33. The van der Waals surface area contributed by atoms with Crippen LogP contribution in [0, 0.1) is 19.3 Å². The summed E-state index contributed by atoms with van der Waals surface area (Å²) in [6.07, 6.45) is 3.84. The van der Waals surface area contributed by atoms with Gasteiger partial charge in [0.05, 0.1) is 6.61 Å². The van der Waals surface area contributed by atoms with Crippen LogP contribution in [-0.4, -0.2) is 30.5 Å². The van der Waals surface area contributed by atoms with Crippen molar-refractivity contribution in [1.82, 2.24) is 4.90 Å². The lowest BCUT2D eigenvalue weighted by atomic mass is 9.84. The average molecular weight is 394 g/mol. The summed E-state index contributed by atoms with van der Waals surface area (Å²) < 4.78 is 5.98. The molecule has 2 aromatic rings. The summed E-state index contributed by atoms with van der Waals surface area (Å²) >= 11 is 0. The standard InChI is InChI=1S/C26H35NO2/c1-20-11-12-21(2)24(19-20)29-18-8-15-26(3,4)25(28)27-16-13-23(14-17-27)22-9-6-5-7-10-22/h5-7,9-12,19,23H,8,13-18H2,1-4H3. The molecule has 156 valence electrons. The van der Waals surface area contributed by atoms with Crippen molar-refractivity contribution in [3.63, 3.8) is 0 Å². The molecule has 0 spiro atoms. The molecular weight excluding hydrogens is 358 g/mol. The zero-order valence-corrected chi connectivity index (χ0v) is 18.4. The molecule has 0 aromatic heterocycles. The smallest absolute Gasteiger partial charge is 0.228 e. The Hall–Kier alpha value is -2.29. The number of nitrogens with zero attached hydrogens (tertiary/aromatic N) is 1. The van der Waals surface area contributed by atoms with Gasteiger partial charge in [0, 0.05) is 18.5 Å². The number of carbonyl (C=O) groups is 1. The highest BCUT2D eigenvalue weighted by molar-refractivity contribution is 5.82. The predicted molar refractivity (Wildman–Crippen MR) is 119 cm³/mol. The van der Waals surface area contributed by atoms with Crippen LogP contribution in [-0.2, 0) is 4.79 Å². The van der Waals surface area contributed by atoms with Crippen molar-refractivity contribution in [2.24, 2.45) is 5.41 Å². The molecule has 2 aromatic carbocycles. The molecular formula is C26H35NO2. The van der Waals surface area contributed by atoms with Gasteiger partial charge in [0.1, 0.15) is 5.75 Å². The molecule has 0 radical (unpaired) electrons. The monoisotopic (exact) mass is 393 g/mol. The van der Waals surface area contributed by atoms with Gasteiger partial charge in [-0.2, -0.15) is 0 Å². The van der Waals surface area contributed by atoms with E-state index in [1.807, 2.05) is 0 Å². The van der Waals surface area contributed by atoms with Crippen LogP contribution in [0.3, 0.4) is 0 Å². The normalized spacial score (nSPS) is 15.4. The second-order valence-corrected chi connectivity index (χ2v) is 9.08. The fourth-order valence-electron chi connectivity index (χ4n) is 4.24. The topological polar surface area (TPSA) is 29.5 Å². The summed E-state index contributed by atoms with van der Waals surface area (Å²) in [5.41, 5.74) is 3.43. The van der Waals surface area contributed by atoms with E-state index in [4.69, 9.17) is 4.74 Å². The minimum absolute atomic E-state index is 0.288. The van der Waals surface area contributed by atoms with E-state index in [1.165, 1.54) is 11.1 Å². The van der Waals surface area contributed by atoms with Gasteiger partial charge < -0.3 is 9.64 Å². The molecule has 0 aliphatic carbocycles. The molecule has 1 aliphatic heterocycles. The Morgan fingerprint density at radius 2 is 1.76 bits per heavy atom. The largest absolute Gasteiger partial charge is 0.493 e.